The molecule has 3 aromatic rings. The summed E-state index contributed by atoms with van der Waals surface area (Å²) in [6.07, 6.45) is 2.46. The van der Waals surface area contributed by atoms with Gasteiger partial charge in [-0.15, -0.1) is 0 Å². The van der Waals surface area contributed by atoms with E-state index in [1.54, 1.807) is 0 Å². The number of carbonyl (C=O) groups is 1. The molecule has 0 atom stereocenters. The molecule has 1 aromatic heterocycles. The lowest BCUT2D eigenvalue weighted by Crippen LogP contribution is -2.25. The van der Waals surface area contributed by atoms with Crippen molar-refractivity contribution in [1.82, 2.24) is 9.88 Å². The van der Waals surface area contributed by atoms with Crippen LogP contribution in [0.25, 0.3) is 0 Å². The van der Waals surface area contributed by atoms with Crippen LogP contribution in [0.4, 0.5) is 8.78 Å². The Morgan fingerprint density at radius 3 is 2.50 bits per heavy atom. The number of hydrogen-bond acceptors (Lipinski definition) is 1. The maximum absolute atomic E-state index is 13.6. The molecule has 0 spiro atoms. The molecule has 1 aliphatic rings. The molecule has 5 heteroatoms. The molecule has 3 nitrogen and oxygen atoms in total. The lowest BCUT2D eigenvalue weighted by Gasteiger charge is -2.19. The van der Waals surface area contributed by atoms with Crippen molar-refractivity contribution in [3.63, 3.8) is 0 Å². The van der Waals surface area contributed by atoms with Gasteiger partial charge in [0.2, 0.25) is 0 Å². The minimum absolute atomic E-state index is 0.132. The topological polar surface area (TPSA) is 34.0 Å². The molecule has 0 unspecified atom stereocenters. The van der Waals surface area contributed by atoms with E-state index in [2.05, 4.69) is 42.4 Å². The standard InChI is InChI=1S/C27H28F2N2O/c1-17(2)26-25(27(32)30-15-20-10-11-22(28)23(29)14-20)21-13-18(3)9-12-24(21)31(26)16-19-7-5-4-6-8-19/h4-8,10-11,14,17H,3,9,12-13,15-16H2,1-2H3,(H,30,32). The third kappa shape index (κ3) is 4.38. The molecule has 166 valence electrons. The second-order valence-electron chi connectivity index (χ2n) is 8.77. The third-order valence-electron chi connectivity index (χ3n) is 6.06. The maximum Gasteiger partial charge on any atom is 0.253 e. The van der Waals surface area contributed by atoms with Crippen molar-refractivity contribution in [1.29, 1.82) is 0 Å². The van der Waals surface area contributed by atoms with Crippen LogP contribution in [0.1, 0.15) is 64.6 Å². The van der Waals surface area contributed by atoms with Crippen LogP contribution < -0.4 is 5.32 Å². The first-order valence-electron chi connectivity index (χ1n) is 11.0. The van der Waals surface area contributed by atoms with Crippen molar-refractivity contribution < 1.29 is 13.6 Å². The summed E-state index contributed by atoms with van der Waals surface area (Å²) in [5.41, 5.74) is 6.78. The van der Waals surface area contributed by atoms with Crippen LogP contribution in [0.15, 0.2) is 60.7 Å². The zero-order valence-corrected chi connectivity index (χ0v) is 18.6. The molecule has 0 saturated heterocycles. The molecule has 0 bridgehead atoms. The van der Waals surface area contributed by atoms with Crippen LogP contribution in [-0.4, -0.2) is 10.5 Å². The van der Waals surface area contributed by atoms with Crippen molar-refractivity contribution in [3.05, 3.63) is 106 Å². The minimum atomic E-state index is -0.915. The number of rotatable bonds is 6. The number of benzene rings is 2. The van der Waals surface area contributed by atoms with Gasteiger partial charge in [-0.05, 0) is 54.0 Å². The van der Waals surface area contributed by atoms with Gasteiger partial charge in [0.05, 0.1) is 5.56 Å². The van der Waals surface area contributed by atoms with Gasteiger partial charge in [0, 0.05) is 24.5 Å². The van der Waals surface area contributed by atoms with Gasteiger partial charge in [0.25, 0.3) is 5.91 Å². The number of fused-ring (bicyclic) bond motifs is 1. The number of nitrogens with one attached hydrogen (secondary N) is 1. The molecule has 0 radical (unpaired) electrons. The van der Waals surface area contributed by atoms with Gasteiger partial charge in [-0.25, -0.2) is 8.78 Å². The van der Waals surface area contributed by atoms with Crippen LogP contribution in [0.3, 0.4) is 0 Å². The average Bonchev–Trinajstić information content (AvgIpc) is 3.08. The molecule has 32 heavy (non-hydrogen) atoms. The SMILES string of the molecule is C=C1CCc2c(c(C(=O)NCc3ccc(F)c(F)c3)c(C(C)C)n2Cc2ccccc2)C1. The number of carbonyl (C=O) groups excluding carboxylic acids is 1. The predicted molar refractivity (Wildman–Crippen MR) is 123 cm³/mol. The molecule has 2 aromatic carbocycles. The van der Waals surface area contributed by atoms with Crippen molar-refractivity contribution in [2.75, 3.05) is 0 Å². The van der Waals surface area contributed by atoms with Crippen molar-refractivity contribution in [2.45, 2.75) is 52.1 Å². The Morgan fingerprint density at radius 2 is 1.81 bits per heavy atom. The second kappa shape index (κ2) is 9.11. The molecular weight excluding hydrogens is 406 g/mol. The number of amides is 1. The lowest BCUT2D eigenvalue weighted by molar-refractivity contribution is 0.0948. The minimum Gasteiger partial charge on any atom is -0.348 e. The van der Waals surface area contributed by atoms with E-state index in [1.807, 2.05) is 18.2 Å². The Hall–Kier alpha value is -3.21. The highest BCUT2D eigenvalue weighted by Crippen LogP contribution is 2.36. The van der Waals surface area contributed by atoms with Crippen molar-refractivity contribution >= 4 is 5.91 Å². The zero-order chi connectivity index (χ0) is 22.8. The van der Waals surface area contributed by atoms with E-state index in [9.17, 15) is 13.6 Å². The first-order chi connectivity index (χ1) is 15.3. The van der Waals surface area contributed by atoms with Gasteiger partial charge < -0.3 is 9.88 Å². The largest absolute Gasteiger partial charge is 0.348 e. The fourth-order valence-corrected chi connectivity index (χ4v) is 4.57. The fraction of sp³-hybridized carbons (Fsp3) is 0.296. The Bertz CT molecular complexity index is 1160. The summed E-state index contributed by atoms with van der Waals surface area (Å²) in [7, 11) is 0. The average molecular weight is 435 g/mol. The van der Waals surface area contributed by atoms with E-state index in [0.29, 0.717) is 24.1 Å². The van der Waals surface area contributed by atoms with Gasteiger partial charge in [0.1, 0.15) is 0 Å². The Kier molecular flexibility index (Phi) is 6.26. The first kappa shape index (κ1) is 22.0. The van der Waals surface area contributed by atoms with E-state index in [0.717, 1.165) is 41.8 Å². The fourth-order valence-electron chi connectivity index (χ4n) is 4.57. The molecule has 0 saturated carbocycles. The number of hydrogen-bond donors (Lipinski definition) is 1. The normalized spacial score (nSPS) is 13.3. The van der Waals surface area contributed by atoms with E-state index >= 15 is 0 Å². The molecule has 1 amide bonds. The smallest absolute Gasteiger partial charge is 0.253 e. The van der Waals surface area contributed by atoms with Crippen LogP contribution in [0, 0.1) is 11.6 Å². The summed E-state index contributed by atoms with van der Waals surface area (Å²) in [6.45, 7) is 9.22. The van der Waals surface area contributed by atoms with Gasteiger partial charge in [-0.1, -0.05) is 62.4 Å². The molecule has 0 aliphatic heterocycles. The molecule has 0 fully saturated rings. The molecular formula is C27H28F2N2O. The molecule has 1 heterocycles. The maximum atomic E-state index is 13.6. The van der Waals surface area contributed by atoms with E-state index < -0.39 is 11.6 Å². The number of halogens is 2. The van der Waals surface area contributed by atoms with E-state index in [-0.39, 0.29) is 18.4 Å². The number of nitrogens with zero attached hydrogens (tertiary/aromatic N) is 1. The van der Waals surface area contributed by atoms with Crippen LogP contribution >= 0.6 is 0 Å². The summed E-state index contributed by atoms with van der Waals surface area (Å²) in [5, 5.41) is 2.93. The molecule has 1 N–H and O–H groups in total. The third-order valence-corrected chi connectivity index (χ3v) is 6.06. The van der Waals surface area contributed by atoms with Gasteiger partial charge in [-0.2, -0.15) is 0 Å². The second-order valence-corrected chi connectivity index (χ2v) is 8.77. The highest BCUT2D eigenvalue weighted by Gasteiger charge is 2.30. The number of allylic oxidation sites excluding steroid dienone is 1. The van der Waals surface area contributed by atoms with Crippen LogP contribution in [-0.2, 0) is 25.9 Å². The monoisotopic (exact) mass is 434 g/mol. The molecule has 1 aliphatic carbocycles. The summed E-state index contributed by atoms with van der Waals surface area (Å²) in [5.74, 6) is -1.85. The zero-order valence-electron chi connectivity index (χ0n) is 18.6. The lowest BCUT2D eigenvalue weighted by atomic mass is 9.90. The quantitative estimate of drug-likeness (QED) is 0.481. The highest BCUT2D eigenvalue weighted by molar-refractivity contribution is 5.98. The predicted octanol–water partition coefficient (Wildman–Crippen LogP) is 5.91. The molecule has 4 rings (SSSR count). The van der Waals surface area contributed by atoms with Crippen LogP contribution in [0.5, 0.6) is 0 Å². The summed E-state index contributed by atoms with van der Waals surface area (Å²) in [4.78, 5) is 13.4. The van der Waals surface area contributed by atoms with E-state index in [1.165, 1.54) is 17.3 Å². The first-order valence-corrected chi connectivity index (χ1v) is 11.0. The van der Waals surface area contributed by atoms with Gasteiger partial charge in [-0.3, -0.25) is 4.79 Å². The van der Waals surface area contributed by atoms with Gasteiger partial charge in [0.15, 0.2) is 11.6 Å². The Balaban J connectivity index is 1.72. The van der Waals surface area contributed by atoms with Crippen LogP contribution in [0.2, 0.25) is 0 Å². The summed E-state index contributed by atoms with van der Waals surface area (Å²) >= 11 is 0. The van der Waals surface area contributed by atoms with Crippen molar-refractivity contribution in [2.24, 2.45) is 0 Å². The van der Waals surface area contributed by atoms with Gasteiger partial charge >= 0.3 is 0 Å². The Morgan fingerprint density at radius 1 is 1.06 bits per heavy atom. The highest BCUT2D eigenvalue weighted by atomic mass is 19.2. The van der Waals surface area contributed by atoms with Crippen molar-refractivity contribution in [3.8, 4) is 0 Å². The Labute approximate surface area is 187 Å². The summed E-state index contributed by atoms with van der Waals surface area (Å²) < 4.78 is 29.1. The number of aromatic nitrogens is 1. The van der Waals surface area contributed by atoms with E-state index in [4.69, 9.17) is 0 Å². The summed E-state index contributed by atoms with van der Waals surface area (Å²) in [6, 6.07) is 13.9.